The highest BCUT2D eigenvalue weighted by Crippen LogP contribution is 2.25. The van der Waals surface area contributed by atoms with E-state index < -0.39 is 6.04 Å². The van der Waals surface area contributed by atoms with Gasteiger partial charge in [0.1, 0.15) is 0 Å². The van der Waals surface area contributed by atoms with Crippen LogP contribution in [-0.2, 0) is 9.59 Å². The van der Waals surface area contributed by atoms with Crippen LogP contribution in [0.2, 0.25) is 0 Å². The molecule has 5 nitrogen and oxygen atoms in total. The van der Waals surface area contributed by atoms with Gasteiger partial charge in [0, 0.05) is 0 Å². The highest BCUT2D eigenvalue weighted by atomic mass is 16.2. The van der Waals surface area contributed by atoms with Crippen molar-refractivity contribution in [2.45, 2.75) is 25.9 Å². The molecule has 29 heavy (non-hydrogen) atoms. The standard InChI is InChI=1S/C24H27N3O2/c1-16(2)22(25)24(29)26-15-21(28)27-23(18-9-4-3-5-10-18)20-13-12-17-8-6-7-11-19(17)14-20/h3-14,16,22-23H,15,25H2,1-2H3,(H,26,29)(H,27,28)/t22-,23?/m0/s1. The fourth-order valence-corrected chi connectivity index (χ4v) is 3.19. The quantitative estimate of drug-likeness (QED) is 0.580. The van der Waals surface area contributed by atoms with Crippen LogP contribution in [0, 0.1) is 5.92 Å². The lowest BCUT2D eigenvalue weighted by atomic mass is 9.96. The van der Waals surface area contributed by atoms with E-state index in [1.165, 1.54) is 0 Å². The van der Waals surface area contributed by atoms with Crippen molar-refractivity contribution in [3.05, 3.63) is 83.9 Å². The zero-order chi connectivity index (χ0) is 20.8. The molecule has 0 spiro atoms. The third-order valence-electron chi connectivity index (χ3n) is 4.99. The minimum atomic E-state index is -0.631. The van der Waals surface area contributed by atoms with E-state index in [-0.39, 0.29) is 30.3 Å². The number of nitrogens with one attached hydrogen (secondary N) is 2. The van der Waals surface area contributed by atoms with E-state index in [1.807, 2.05) is 62.4 Å². The van der Waals surface area contributed by atoms with E-state index in [4.69, 9.17) is 5.73 Å². The maximum Gasteiger partial charge on any atom is 0.240 e. The fraction of sp³-hybridized carbons (Fsp3) is 0.250. The van der Waals surface area contributed by atoms with Crippen molar-refractivity contribution < 1.29 is 9.59 Å². The first-order chi connectivity index (χ1) is 14.0. The van der Waals surface area contributed by atoms with Crippen LogP contribution in [0.3, 0.4) is 0 Å². The maximum atomic E-state index is 12.6. The summed E-state index contributed by atoms with van der Waals surface area (Å²) in [5, 5.41) is 7.92. The summed E-state index contributed by atoms with van der Waals surface area (Å²) in [4.78, 5) is 24.6. The molecular formula is C24H27N3O2. The number of hydrogen-bond acceptors (Lipinski definition) is 3. The fourth-order valence-electron chi connectivity index (χ4n) is 3.19. The van der Waals surface area contributed by atoms with Gasteiger partial charge in [-0.2, -0.15) is 0 Å². The van der Waals surface area contributed by atoms with Gasteiger partial charge in [0.25, 0.3) is 0 Å². The van der Waals surface area contributed by atoms with Crippen molar-refractivity contribution in [1.82, 2.24) is 10.6 Å². The SMILES string of the molecule is CC(C)[C@H](N)C(=O)NCC(=O)NC(c1ccccc1)c1ccc2ccccc2c1. The third-order valence-corrected chi connectivity index (χ3v) is 4.99. The summed E-state index contributed by atoms with van der Waals surface area (Å²) >= 11 is 0. The molecule has 150 valence electrons. The van der Waals surface area contributed by atoms with Crippen LogP contribution in [0.25, 0.3) is 10.8 Å². The maximum absolute atomic E-state index is 12.6. The lowest BCUT2D eigenvalue weighted by molar-refractivity contribution is -0.127. The smallest absolute Gasteiger partial charge is 0.240 e. The van der Waals surface area contributed by atoms with Crippen LogP contribution >= 0.6 is 0 Å². The topological polar surface area (TPSA) is 84.2 Å². The highest BCUT2D eigenvalue weighted by molar-refractivity contribution is 5.88. The van der Waals surface area contributed by atoms with Crippen LogP contribution in [0.4, 0.5) is 0 Å². The summed E-state index contributed by atoms with van der Waals surface area (Å²) in [5.74, 6) is -0.582. The lowest BCUT2D eigenvalue weighted by Gasteiger charge is -2.21. The Labute approximate surface area is 171 Å². The normalized spacial score (nSPS) is 13.1. The van der Waals surface area contributed by atoms with E-state index in [0.717, 1.165) is 21.9 Å². The molecule has 3 aromatic carbocycles. The zero-order valence-corrected chi connectivity index (χ0v) is 16.8. The Kier molecular flexibility index (Phi) is 6.62. The average Bonchev–Trinajstić information content (AvgIpc) is 2.75. The number of carbonyl (C=O) groups is 2. The van der Waals surface area contributed by atoms with Crippen molar-refractivity contribution in [2.24, 2.45) is 11.7 Å². The van der Waals surface area contributed by atoms with Crippen molar-refractivity contribution in [3.63, 3.8) is 0 Å². The van der Waals surface area contributed by atoms with Crippen molar-refractivity contribution in [2.75, 3.05) is 6.54 Å². The highest BCUT2D eigenvalue weighted by Gasteiger charge is 2.20. The second-order valence-electron chi connectivity index (χ2n) is 7.51. The first-order valence-electron chi connectivity index (χ1n) is 9.82. The Morgan fingerprint density at radius 3 is 2.21 bits per heavy atom. The summed E-state index contributed by atoms with van der Waals surface area (Å²) in [7, 11) is 0. The zero-order valence-electron chi connectivity index (χ0n) is 16.8. The summed E-state index contributed by atoms with van der Waals surface area (Å²) in [6.07, 6.45) is 0. The first-order valence-corrected chi connectivity index (χ1v) is 9.82. The van der Waals surface area contributed by atoms with E-state index in [0.29, 0.717) is 0 Å². The Hall–Kier alpha value is -3.18. The molecule has 0 aliphatic rings. The van der Waals surface area contributed by atoms with E-state index in [1.54, 1.807) is 0 Å². The monoisotopic (exact) mass is 389 g/mol. The van der Waals surface area contributed by atoms with Crippen molar-refractivity contribution in [1.29, 1.82) is 0 Å². The van der Waals surface area contributed by atoms with Crippen molar-refractivity contribution in [3.8, 4) is 0 Å². The average molecular weight is 389 g/mol. The number of hydrogen-bond donors (Lipinski definition) is 3. The molecule has 1 unspecified atom stereocenters. The molecule has 0 aliphatic carbocycles. The molecule has 5 heteroatoms. The number of fused-ring (bicyclic) bond motifs is 1. The van der Waals surface area contributed by atoms with Gasteiger partial charge in [0.2, 0.25) is 11.8 Å². The van der Waals surface area contributed by atoms with Crippen LogP contribution in [0.5, 0.6) is 0 Å². The number of rotatable bonds is 7. The van der Waals surface area contributed by atoms with Gasteiger partial charge >= 0.3 is 0 Å². The second kappa shape index (κ2) is 9.34. The summed E-state index contributed by atoms with van der Waals surface area (Å²) in [5.41, 5.74) is 7.79. The molecular weight excluding hydrogens is 362 g/mol. The number of carbonyl (C=O) groups excluding carboxylic acids is 2. The molecule has 0 heterocycles. The number of nitrogens with two attached hydrogens (primary N) is 1. The van der Waals surface area contributed by atoms with Gasteiger partial charge in [-0.15, -0.1) is 0 Å². The van der Waals surface area contributed by atoms with E-state index in [2.05, 4.69) is 34.9 Å². The molecule has 0 saturated carbocycles. The molecule has 0 fully saturated rings. The summed E-state index contributed by atoms with van der Waals surface area (Å²) in [6, 6.07) is 23.1. The summed E-state index contributed by atoms with van der Waals surface area (Å²) in [6.45, 7) is 3.63. The van der Waals surface area contributed by atoms with E-state index in [9.17, 15) is 9.59 Å². The van der Waals surface area contributed by atoms with Gasteiger partial charge < -0.3 is 16.4 Å². The minimum absolute atomic E-state index is 0.00716. The molecule has 0 aromatic heterocycles. The predicted octanol–water partition coefficient (Wildman–Crippen LogP) is 3.14. The Morgan fingerprint density at radius 1 is 0.862 bits per heavy atom. The molecule has 0 radical (unpaired) electrons. The van der Waals surface area contributed by atoms with Crippen LogP contribution < -0.4 is 16.4 Å². The van der Waals surface area contributed by atoms with Gasteiger partial charge in [-0.05, 0) is 33.9 Å². The van der Waals surface area contributed by atoms with Gasteiger partial charge in [0.15, 0.2) is 0 Å². The molecule has 0 bridgehead atoms. The Morgan fingerprint density at radius 2 is 1.52 bits per heavy atom. The Balaban J connectivity index is 1.79. The molecule has 4 N–H and O–H groups in total. The molecule has 0 aliphatic heterocycles. The van der Waals surface area contributed by atoms with Crippen LogP contribution in [0.15, 0.2) is 72.8 Å². The predicted molar refractivity (Wildman–Crippen MR) is 116 cm³/mol. The number of benzene rings is 3. The molecule has 2 amide bonds. The third kappa shape index (κ3) is 5.21. The van der Waals surface area contributed by atoms with Gasteiger partial charge in [-0.25, -0.2) is 0 Å². The second-order valence-corrected chi connectivity index (χ2v) is 7.51. The summed E-state index contributed by atoms with van der Waals surface area (Å²) < 4.78 is 0. The molecule has 3 rings (SSSR count). The number of amides is 2. The van der Waals surface area contributed by atoms with Gasteiger partial charge in [-0.1, -0.05) is 80.6 Å². The molecule has 3 aromatic rings. The van der Waals surface area contributed by atoms with Crippen LogP contribution in [-0.4, -0.2) is 24.4 Å². The minimum Gasteiger partial charge on any atom is -0.346 e. The molecule has 2 atom stereocenters. The van der Waals surface area contributed by atoms with Crippen LogP contribution in [0.1, 0.15) is 31.0 Å². The first kappa shape index (κ1) is 20.6. The van der Waals surface area contributed by atoms with Gasteiger partial charge in [-0.3, -0.25) is 9.59 Å². The largest absolute Gasteiger partial charge is 0.346 e. The molecule has 0 saturated heterocycles. The van der Waals surface area contributed by atoms with Gasteiger partial charge in [0.05, 0.1) is 18.6 Å². The lowest BCUT2D eigenvalue weighted by Crippen LogP contribution is -2.47. The van der Waals surface area contributed by atoms with E-state index >= 15 is 0 Å². The Bertz CT molecular complexity index is 986. The van der Waals surface area contributed by atoms with Crippen molar-refractivity contribution >= 4 is 22.6 Å².